The maximum absolute atomic E-state index is 11.2. The van der Waals surface area contributed by atoms with E-state index < -0.39 is 6.10 Å². The van der Waals surface area contributed by atoms with Crippen molar-refractivity contribution in [1.82, 2.24) is 4.90 Å². The van der Waals surface area contributed by atoms with E-state index >= 15 is 0 Å². The van der Waals surface area contributed by atoms with E-state index in [9.17, 15) is 4.79 Å². The van der Waals surface area contributed by atoms with Crippen LogP contribution in [-0.2, 0) is 16.0 Å². The summed E-state index contributed by atoms with van der Waals surface area (Å²) >= 11 is 1.76. The van der Waals surface area contributed by atoms with Crippen LogP contribution in [0.15, 0.2) is 24.3 Å². The third-order valence-corrected chi connectivity index (χ3v) is 4.41. The molecule has 0 spiro atoms. The summed E-state index contributed by atoms with van der Waals surface area (Å²) in [6.45, 7) is 0.967. The van der Waals surface area contributed by atoms with Crippen molar-refractivity contribution >= 4 is 27.7 Å². The van der Waals surface area contributed by atoms with Crippen LogP contribution in [0.4, 0.5) is 0 Å². The van der Waals surface area contributed by atoms with Crippen molar-refractivity contribution in [3.05, 3.63) is 34.7 Å². The molecule has 0 aliphatic heterocycles. The molecule has 1 aromatic carbocycles. The Labute approximate surface area is 117 Å². The molecule has 19 heavy (non-hydrogen) atoms. The fourth-order valence-corrected chi connectivity index (χ4v) is 3.41. The Morgan fingerprint density at radius 1 is 1.37 bits per heavy atom. The number of nitrogens with zero attached hydrogens (tertiary/aromatic N) is 1. The molecule has 3 nitrogen and oxygen atoms in total. The largest absolute Gasteiger partial charge is 0.369 e. The minimum atomic E-state index is -0.465. The Bertz CT molecular complexity index is 562. The Morgan fingerprint density at radius 3 is 2.74 bits per heavy atom. The van der Waals surface area contributed by atoms with Crippen LogP contribution in [0.5, 0.6) is 0 Å². The van der Waals surface area contributed by atoms with Crippen molar-refractivity contribution in [3.63, 3.8) is 0 Å². The zero-order chi connectivity index (χ0) is 13.8. The van der Waals surface area contributed by atoms with Gasteiger partial charge in [-0.1, -0.05) is 18.2 Å². The monoisotopic (exact) mass is 277 g/mol. The number of methoxy groups -OCH3 is 1. The molecule has 0 fully saturated rings. The van der Waals surface area contributed by atoms with Gasteiger partial charge in [0.1, 0.15) is 6.10 Å². The third-order valence-electron chi connectivity index (χ3n) is 3.16. The number of fused-ring (bicyclic) bond motifs is 1. The molecule has 1 atom stereocenters. The first kappa shape index (κ1) is 14.2. The van der Waals surface area contributed by atoms with E-state index in [1.807, 2.05) is 12.1 Å². The standard InChI is InChI=1S/C15H19NO2S/c1-16(2)9-8-14-15(12(10-17)18-3)11-6-4-5-7-13(11)19-14/h4-7,10,12H,8-9H2,1-3H3. The molecular formula is C15H19NO2S. The maximum Gasteiger partial charge on any atom is 0.153 e. The second kappa shape index (κ2) is 6.28. The molecule has 0 saturated carbocycles. The van der Waals surface area contributed by atoms with Gasteiger partial charge in [-0.3, -0.25) is 0 Å². The minimum Gasteiger partial charge on any atom is -0.369 e. The van der Waals surface area contributed by atoms with E-state index in [4.69, 9.17) is 4.74 Å². The quantitative estimate of drug-likeness (QED) is 0.760. The van der Waals surface area contributed by atoms with Gasteiger partial charge in [-0.2, -0.15) is 0 Å². The van der Waals surface area contributed by atoms with Gasteiger partial charge >= 0.3 is 0 Å². The van der Waals surface area contributed by atoms with Gasteiger partial charge in [-0.05, 0) is 32.0 Å². The van der Waals surface area contributed by atoms with Crippen molar-refractivity contribution in [2.24, 2.45) is 0 Å². The van der Waals surface area contributed by atoms with E-state index in [1.165, 1.54) is 9.58 Å². The summed E-state index contributed by atoms with van der Waals surface area (Å²) in [6, 6.07) is 8.20. The zero-order valence-electron chi connectivity index (χ0n) is 11.6. The number of thiophene rings is 1. The smallest absolute Gasteiger partial charge is 0.153 e. The highest BCUT2D eigenvalue weighted by molar-refractivity contribution is 7.19. The summed E-state index contributed by atoms with van der Waals surface area (Å²) in [5.41, 5.74) is 1.04. The molecule has 0 aliphatic carbocycles. The van der Waals surface area contributed by atoms with Gasteiger partial charge in [-0.15, -0.1) is 11.3 Å². The Hall–Kier alpha value is -1.23. The van der Waals surface area contributed by atoms with Gasteiger partial charge in [-0.25, -0.2) is 0 Å². The molecule has 0 radical (unpaired) electrons. The predicted molar refractivity (Wildman–Crippen MR) is 79.9 cm³/mol. The molecule has 0 N–H and O–H groups in total. The molecular weight excluding hydrogens is 258 g/mol. The van der Waals surface area contributed by atoms with Crippen LogP contribution >= 0.6 is 11.3 Å². The molecule has 0 saturated heterocycles. The number of benzene rings is 1. The number of rotatable bonds is 6. The fourth-order valence-electron chi connectivity index (χ4n) is 2.18. The number of hydrogen-bond donors (Lipinski definition) is 0. The van der Waals surface area contributed by atoms with Crippen LogP contribution in [0.1, 0.15) is 16.5 Å². The molecule has 4 heteroatoms. The number of aldehydes is 1. The Kier molecular flexibility index (Phi) is 4.69. The van der Waals surface area contributed by atoms with Crippen molar-refractivity contribution < 1.29 is 9.53 Å². The normalized spacial score (nSPS) is 13.1. The number of hydrogen-bond acceptors (Lipinski definition) is 4. The van der Waals surface area contributed by atoms with Crippen molar-refractivity contribution in [2.75, 3.05) is 27.7 Å². The summed E-state index contributed by atoms with van der Waals surface area (Å²) in [7, 11) is 5.70. The highest BCUT2D eigenvalue weighted by atomic mass is 32.1. The molecule has 0 aliphatic rings. The number of likely N-dealkylation sites (N-methyl/N-ethyl adjacent to an activating group) is 1. The predicted octanol–water partition coefficient (Wildman–Crippen LogP) is 2.89. The highest BCUT2D eigenvalue weighted by Gasteiger charge is 2.20. The van der Waals surface area contributed by atoms with Gasteiger partial charge in [0.25, 0.3) is 0 Å². The molecule has 1 heterocycles. The lowest BCUT2D eigenvalue weighted by Crippen LogP contribution is -2.16. The van der Waals surface area contributed by atoms with Gasteiger partial charge in [0, 0.05) is 28.8 Å². The average Bonchev–Trinajstić information content (AvgIpc) is 2.77. The van der Waals surface area contributed by atoms with E-state index in [1.54, 1.807) is 18.4 Å². The topological polar surface area (TPSA) is 29.5 Å². The third kappa shape index (κ3) is 3.03. The fraction of sp³-hybridized carbons (Fsp3) is 0.400. The molecule has 2 rings (SSSR count). The number of ether oxygens (including phenoxy) is 1. The van der Waals surface area contributed by atoms with Crippen molar-refractivity contribution in [2.45, 2.75) is 12.5 Å². The Morgan fingerprint density at radius 2 is 2.11 bits per heavy atom. The molecule has 1 unspecified atom stereocenters. The summed E-state index contributed by atoms with van der Waals surface area (Å²) in [4.78, 5) is 14.6. The van der Waals surface area contributed by atoms with Crippen LogP contribution in [0.3, 0.4) is 0 Å². The van der Waals surface area contributed by atoms with Crippen LogP contribution < -0.4 is 0 Å². The lowest BCUT2D eigenvalue weighted by atomic mass is 10.0. The van der Waals surface area contributed by atoms with Gasteiger partial charge in [0.05, 0.1) is 0 Å². The lowest BCUT2D eigenvalue weighted by Gasteiger charge is -2.13. The lowest BCUT2D eigenvalue weighted by molar-refractivity contribution is -0.116. The molecule has 0 bridgehead atoms. The van der Waals surface area contributed by atoms with E-state index in [0.29, 0.717) is 0 Å². The van der Waals surface area contributed by atoms with Crippen molar-refractivity contribution in [3.8, 4) is 0 Å². The zero-order valence-corrected chi connectivity index (χ0v) is 12.4. The van der Waals surface area contributed by atoms with E-state index in [0.717, 1.165) is 30.2 Å². The summed E-state index contributed by atoms with van der Waals surface area (Å²) < 4.78 is 6.54. The molecule has 1 aromatic heterocycles. The van der Waals surface area contributed by atoms with Crippen LogP contribution in [0.25, 0.3) is 10.1 Å². The second-order valence-corrected chi connectivity index (χ2v) is 5.92. The minimum absolute atomic E-state index is 0.465. The average molecular weight is 277 g/mol. The maximum atomic E-state index is 11.2. The first-order valence-corrected chi connectivity index (χ1v) is 7.12. The second-order valence-electron chi connectivity index (χ2n) is 4.78. The summed E-state index contributed by atoms with van der Waals surface area (Å²) in [5.74, 6) is 0. The summed E-state index contributed by atoms with van der Waals surface area (Å²) in [5, 5.41) is 1.14. The number of carbonyl (C=O) groups excluding carboxylic acids is 1. The van der Waals surface area contributed by atoms with E-state index in [2.05, 4.69) is 31.1 Å². The Balaban J connectivity index is 2.48. The van der Waals surface area contributed by atoms with Gasteiger partial charge in [0.2, 0.25) is 0 Å². The van der Waals surface area contributed by atoms with Crippen LogP contribution in [-0.4, -0.2) is 38.9 Å². The molecule has 2 aromatic rings. The SMILES string of the molecule is COC(C=O)c1c(CCN(C)C)sc2ccccc12. The first-order chi connectivity index (χ1) is 9.17. The van der Waals surface area contributed by atoms with Gasteiger partial charge in [0.15, 0.2) is 6.29 Å². The first-order valence-electron chi connectivity index (χ1n) is 6.30. The van der Waals surface area contributed by atoms with Crippen LogP contribution in [0, 0.1) is 0 Å². The molecule has 0 amide bonds. The van der Waals surface area contributed by atoms with Gasteiger partial charge < -0.3 is 14.4 Å². The highest BCUT2D eigenvalue weighted by Crippen LogP contribution is 2.36. The number of carbonyl (C=O) groups is 1. The van der Waals surface area contributed by atoms with E-state index in [-0.39, 0.29) is 0 Å². The van der Waals surface area contributed by atoms with Crippen LogP contribution in [0.2, 0.25) is 0 Å². The molecule has 102 valence electrons. The van der Waals surface area contributed by atoms with Crippen molar-refractivity contribution in [1.29, 1.82) is 0 Å². The summed E-state index contributed by atoms with van der Waals surface area (Å²) in [6.07, 6.45) is 1.36.